The third-order valence-corrected chi connectivity index (χ3v) is 4.51. The number of aliphatic hydroxyl groups excluding tert-OH is 1. The maximum atomic E-state index is 10.5. The van der Waals surface area contributed by atoms with Gasteiger partial charge in [-0.3, -0.25) is 0 Å². The first-order valence-electron chi connectivity index (χ1n) is 9.04. The van der Waals surface area contributed by atoms with Gasteiger partial charge in [-0.25, -0.2) is 0 Å². The maximum absolute atomic E-state index is 10.5. The average Bonchev–Trinajstić information content (AvgIpc) is 2.71. The van der Waals surface area contributed by atoms with E-state index in [1.165, 1.54) is 5.56 Å². The Balaban J connectivity index is 1.53. The summed E-state index contributed by atoms with van der Waals surface area (Å²) < 4.78 is 5.89. The van der Waals surface area contributed by atoms with Crippen LogP contribution in [0.4, 0.5) is 0 Å². The van der Waals surface area contributed by atoms with Crippen molar-refractivity contribution in [3.63, 3.8) is 0 Å². The second-order valence-electron chi connectivity index (χ2n) is 6.58. The summed E-state index contributed by atoms with van der Waals surface area (Å²) in [6.45, 7) is 3.41. The number of rotatable bonds is 8. The molecule has 0 fully saturated rings. The maximum Gasteiger partial charge on any atom is 0.130 e. The highest BCUT2D eigenvalue weighted by molar-refractivity contribution is 5.28. The fourth-order valence-corrected chi connectivity index (χ4v) is 2.91. The van der Waals surface area contributed by atoms with Crippen LogP contribution in [0.3, 0.4) is 0 Å². The Hall–Kier alpha value is -2.62. The minimum Gasteiger partial charge on any atom is -0.489 e. The molecule has 0 heterocycles. The molecule has 26 heavy (non-hydrogen) atoms. The summed E-state index contributed by atoms with van der Waals surface area (Å²) in [5, 5.41) is 12.6. The normalized spacial score (nSPS) is 13.2. The van der Waals surface area contributed by atoms with E-state index in [0.29, 0.717) is 6.61 Å². The zero-order valence-electron chi connectivity index (χ0n) is 15.1. The van der Waals surface area contributed by atoms with Gasteiger partial charge in [0, 0.05) is 5.56 Å². The molecule has 0 bridgehead atoms. The Morgan fingerprint density at radius 2 is 1.50 bits per heavy atom. The molecule has 0 unspecified atom stereocenters. The highest BCUT2D eigenvalue weighted by Gasteiger charge is 2.18. The Morgan fingerprint density at radius 3 is 2.23 bits per heavy atom. The largest absolute Gasteiger partial charge is 0.489 e. The van der Waals surface area contributed by atoms with E-state index in [-0.39, 0.29) is 6.04 Å². The molecular weight excluding hydrogens is 322 g/mol. The number of nitrogens with two attached hydrogens (primary N) is 1. The molecule has 0 aromatic heterocycles. The summed E-state index contributed by atoms with van der Waals surface area (Å²) >= 11 is 0. The lowest BCUT2D eigenvalue weighted by Crippen LogP contribution is -2.88. The average molecular weight is 348 g/mol. The van der Waals surface area contributed by atoms with Crippen molar-refractivity contribution in [3.05, 3.63) is 102 Å². The first-order valence-corrected chi connectivity index (χ1v) is 9.04. The molecule has 0 radical (unpaired) electrons. The van der Waals surface area contributed by atoms with Gasteiger partial charge >= 0.3 is 0 Å². The van der Waals surface area contributed by atoms with Crippen molar-refractivity contribution in [2.45, 2.75) is 32.2 Å². The van der Waals surface area contributed by atoms with Crippen molar-refractivity contribution >= 4 is 0 Å². The van der Waals surface area contributed by atoms with E-state index in [1.807, 2.05) is 67.6 Å². The number of aliphatic hydroxyl groups is 1. The van der Waals surface area contributed by atoms with Gasteiger partial charge in [0.2, 0.25) is 0 Å². The summed E-state index contributed by atoms with van der Waals surface area (Å²) in [5.41, 5.74) is 3.29. The molecule has 3 aromatic carbocycles. The van der Waals surface area contributed by atoms with Gasteiger partial charge in [-0.2, -0.15) is 0 Å². The van der Waals surface area contributed by atoms with E-state index < -0.39 is 6.10 Å². The third kappa shape index (κ3) is 5.19. The van der Waals surface area contributed by atoms with E-state index >= 15 is 0 Å². The molecule has 0 amide bonds. The van der Waals surface area contributed by atoms with Crippen LogP contribution in [0.5, 0.6) is 5.75 Å². The SMILES string of the molecule is C[C@@H]([NH2+]Cc1cccc(OCc2ccccc2)c1)[C@@H](O)c1ccccc1. The van der Waals surface area contributed by atoms with E-state index in [1.54, 1.807) is 0 Å². The first-order chi connectivity index (χ1) is 12.7. The van der Waals surface area contributed by atoms with Crippen LogP contribution in [-0.2, 0) is 13.2 Å². The van der Waals surface area contributed by atoms with Crippen LogP contribution in [0.2, 0.25) is 0 Å². The van der Waals surface area contributed by atoms with Crippen LogP contribution >= 0.6 is 0 Å². The lowest BCUT2D eigenvalue weighted by Gasteiger charge is -2.18. The molecule has 3 heteroatoms. The Labute approximate surface area is 155 Å². The van der Waals surface area contributed by atoms with Gasteiger partial charge < -0.3 is 15.2 Å². The zero-order valence-corrected chi connectivity index (χ0v) is 15.1. The van der Waals surface area contributed by atoms with Crippen LogP contribution in [-0.4, -0.2) is 11.1 Å². The molecule has 0 spiro atoms. The lowest BCUT2D eigenvalue weighted by molar-refractivity contribution is -0.709. The van der Waals surface area contributed by atoms with Crippen LogP contribution < -0.4 is 10.1 Å². The Morgan fingerprint density at radius 1 is 0.846 bits per heavy atom. The van der Waals surface area contributed by atoms with Gasteiger partial charge in [-0.15, -0.1) is 0 Å². The minimum absolute atomic E-state index is 0.0753. The van der Waals surface area contributed by atoms with Gasteiger partial charge in [0.25, 0.3) is 0 Å². The second kappa shape index (κ2) is 9.18. The van der Waals surface area contributed by atoms with Crippen LogP contribution in [0, 0.1) is 0 Å². The molecule has 0 saturated heterocycles. The summed E-state index contributed by atoms with van der Waals surface area (Å²) in [4.78, 5) is 0. The summed E-state index contributed by atoms with van der Waals surface area (Å²) in [6, 6.07) is 28.2. The predicted octanol–water partition coefficient (Wildman–Crippen LogP) is 3.45. The molecule has 3 N–H and O–H groups in total. The molecular formula is C23H26NO2+. The molecule has 0 aliphatic carbocycles. The number of quaternary nitrogens is 1. The van der Waals surface area contributed by atoms with Crippen LogP contribution in [0.25, 0.3) is 0 Å². The first kappa shape index (κ1) is 18.2. The van der Waals surface area contributed by atoms with Crippen molar-refractivity contribution in [2.75, 3.05) is 0 Å². The van der Waals surface area contributed by atoms with Crippen molar-refractivity contribution in [1.29, 1.82) is 0 Å². The van der Waals surface area contributed by atoms with E-state index in [4.69, 9.17) is 4.74 Å². The fourth-order valence-electron chi connectivity index (χ4n) is 2.91. The highest BCUT2D eigenvalue weighted by atomic mass is 16.5. The fraction of sp³-hybridized carbons (Fsp3) is 0.217. The van der Waals surface area contributed by atoms with E-state index in [2.05, 4.69) is 29.6 Å². The lowest BCUT2D eigenvalue weighted by atomic mass is 10.0. The molecule has 0 saturated carbocycles. The number of hydrogen-bond donors (Lipinski definition) is 2. The summed E-state index contributed by atoms with van der Waals surface area (Å²) in [6.07, 6.45) is -0.478. The van der Waals surface area contributed by atoms with Gasteiger partial charge in [-0.05, 0) is 30.2 Å². The monoisotopic (exact) mass is 348 g/mol. The predicted molar refractivity (Wildman–Crippen MR) is 104 cm³/mol. The van der Waals surface area contributed by atoms with Gasteiger partial charge in [0.05, 0.1) is 0 Å². The van der Waals surface area contributed by atoms with Gasteiger partial charge in [0.15, 0.2) is 0 Å². The van der Waals surface area contributed by atoms with E-state index in [0.717, 1.165) is 23.4 Å². The quantitative estimate of drug-likeness (QED) is 0.655. The molecule has 3 rings (SSSR count). The number of hydrogen-bond acceptors (Lipinski definition) is 2. The Bertz CT molecular complexity index is 790. The standard InChI is InChI=1S/C23H25NO2/c1-18(23(25)21-12-6-3-7-13-21)24-16-20-11-8-14-22(15-20)26-17-19-9-4-2-5-10-19/h2-15,18,23-25H,16-17H2,1H3/p+1/t18-,23-/m1/s1. The smallest absolute Gasteiger partial charge is 0.130 e. The third-order valence-electron chi connectivity index (χ3n) is 4.51. The second-order valence-corrected chi connectivity index (χ2v) is 6.58. The van der Waals surface area contributed by atoms with Gasteiger partial charge in [0.1, 0.15) is 31.0 Å². The van der Waals surface area contributed by atoms with Crippen molar-refractivity contribution in [1.82, 2.24) is 0 Å². The van der Waals surface area contributed by atoms with E-state index in [9.17, 15) is 5.11 Å². The highest BCUT2D eigenvalue weighted by Crippen LogP contribution is 2.16. The topological polar surface area (TPSA) is 46.1 Å². The number of benzene rings is 3. The summed E-state index contributed by atoms with van der Waals surface area (Å²) in [5.74, 6) is 0.871. The van der Waals surface area contributed by atoms with Crippen molar-refractivity contribution in [3.8, 4) is 5.75 Å². The van der Waals surface area contributed by atoms with Gasteiger partial charge in [-0.1, -0.05) is 72.8 Å². The Kier molecular flexibility index (Phi) is 6.42. The molecule has 134 valence electrons. The molecule has 0 aliphatic heterocycles. The number of ether oxygens (including phenoxy) is 1. The minimum atomic E-state index is -0.478. The molecule has 2 atom stereocenters. The van der Waals surface area contributed by atoms with Crippen LogP contribution in [0.1, 0.15) is 29.7 Å². The molecule has 3 nitrogen and oxygen atoms in total. The summed E-state index contributed by atoms with van der Waals surface area (Å²) in [7, 11) is 0. The molecule has 0 aliphatic rings. The van der Waals surface area contributed by atoms with Crippen molar-refractivity contribution in [2.24, 2.45) is 0 Å². The molecule has 3 aromatic rings. The zero-order chi connectivity index (χ0) is 18.2. The van der Waals surface area contributed by atoms with Crippen molar-refractivity contribution < 1.29 is 15.2 Å². The van der Waals surface area contributed by atoms with Crippen LogP contribution in [0.15, 0.2) is 84.9 Å².